The molecule has 0 aliphatic heterocycles. The number of hydrogen-bond acceptors (Lipinski definition) is 3. The molecule has 0 fully saturated rings. The van der Waals surface area contributed by atoms with Gasteiger partial charge in [0.1, 0.15) is 12.4 Å². The Hall–Kier alpha value is -1.58. The number of nitrogens with two attached hydrogens (primary N) is 1. The lowest BCUT2D eigenvalue weighted by atomic mass is 10.2. The van der Waals surface area contributed by atoms with Gasteiger partial charge < -0.3 is 15.4 Å². The maximum atomic E-state index is 6.11. The Kier molecular flexibility index (Phi) is 4.63. The maximum absolute atomic E-state index is 6.11. The van der Waals surface area contributed by atoms with Gasteiger partial charge in [-0.25, -0.2) is 0 Å². The molecule has 0 saturated carbocycles. The smallest absolute Gasteiger partial charge is 0.144 e. The number of nitrogens with zero attached hydrogens (tertiary/aromatic N) is 1. The van der Waals surface area contributed by atoms with E-state index in [9.17, 15) is 0 Å². The summed E-state index contributed by atoms with van der Waals surface area (Å²) in [5, 5.41) is 1.19. The Morgan fingerprint density at radius 3 is 2.50 bits per heavy atom. The van der Waals surface area contributed by atoms with E-state index in [-0.39, 0.29) is 0 Å². The third-order valence-corrected chi connectivity index (χ3v) is 3.50. The van der Waals surface area contributed by atoms with Crippen molar-refractivity contribution >= 4 is 34.6 Å². The fourth-order valence-electron chi connectivity index (χ4n) is 1.72. The van der Waals surface area contributed by atoms with Crippen LogP contribution in [0.3, 0.4) is 0 Å². The molecule has 0 radical (unpaired) electrons. The lowest BCUT2D eigenvalue weighted by Gasteiger charge is -2.16. The van der Waals surface area contributed by atoms with Crippen molar-refractivity contribution in [2.75, 3.05) is 24.7 Å². The van der Waals surface area contributed by atoms with Crippen molar-refractivity contribution < 1.29 is 4.74 Å². The molecule has 2 aromatic rings. The van der Waals surface area contributed by atoms with E-state index in [0.29, 0.717) is 28.1 Å². The number of rotatable bonds is 4. The minimum Gasteiger partial charge on any atom is -0.487 e. The number of nitrogen functional groups attached to an aromatic ring is 1. The molecule has 0 bridgehead atoms. The number of halogens is 2. The van der Waals surface area contributed by atoms with E-state index in [2.05, 4.69) is 0 Å². The van der Waals surface area contributed by atoms with E-state index in [1.807, 2.05) is 43.3 Å². The highest BCUT2D eigenvalue weighted by molar-refractivity contribution is 6.35. The Bertz CT molecular complexity index is 615. The molecular weight excluding hydrogens is 295 g/mol. The molecule has 2 N–H and O–H groups in total. The summed E-state index contributed by atoms with van der Waals surface area (Å²) >= 11 is 12.0. The molecule has 0 spiro atoms. The van der Waals surface area contributed by atoms with Gasteiger partial charge in [0.15, 0.2) is 0 Å². The zero-order chi connectivity index (χ0) is 14.7. The third-order valence-electron chi connectivity index (χ3n) is 2.91. The van der Waals surface area contributed by atoms with Crippen molar-refractivity contribution in [2.45, 2.75) is 6.61 Å². The summed E-state index contributed by atoms with van der Waals surface area (Å²) in [5.74, 6) is 0.641. The molecule has 0 aliphatic rings. The van der Waals surface area contributed by atoms with Crippen molar-refractivity contribution in [1.29, 1.82) is 0 Å². The normalized spacial score (nSPS) is 10.4. The van der Waals surface area contributed by atoms with E-state index in [4.69, 9.17) is 33.7 Å². The van der Waals surface area contributed by atoms with Crippen molar-refractivity contribution in [3.8, 4) is 5.75 Å². The first-order valence-electron chi connectivity index (χ1n) is 6.11. The topological polar surface area (TPSA) is 38.5 Å². The Labute approximate surface area is 128 Å². The first kappa shape index (κ1) is 14.8. The minimum absolute atomic E-state index is 0.344. The number of anilines is 2. The lowest BCUT2D eigenvalue weighted by molar-refractivity contribution is 0.308. The number of hydrogen-bond donors (Lipinski definition) is 1. The molecule has 0 heterocycles. The molecule has 106 valence electrons. The minimum atomic E-state index is 0.344. The van der Waals surface area contributed by atoms with Crippen LogP contribution in [-0.4, -0.2) is 14.1 Å². The van der Waals surface area contributed by atoms with E-state index in [1.54, 1.807) is 12.1 Å². The van der Waals surface area contributed by atoms with Gasteiger partial charge >= 0.3 is 0 Å². The Morgan fingerprint density at radius 2 is 1.85 bits per heavy atom. The summed E-state index contributed by atoms with van der Waals surface area (Å²) in [6.07, 6.45) is 0. The van der Waals surface area contributed by atoms with Gasteiger partial charge in [-0.1, -0.05) is 29.3 Å². The van der Waals surface area contributed by atoms with Crippen LogP contribution < -0.4 is 15.4 Å². The van der Waals surface area contributed by atoms with E-state index in [0.717, 1.165) is 11.3 Å². The lowest BCUT2D eigenvalue weighted by Crippen LogP contribution is -2.09. The molecule has 0 aromatic heterocycles. The highest BCUT2D eigenvalue weighted by atomic mass is 35.5. The second kappa shape index (κ2) is 6.25. The van der Waals surface area contributed by atoms with Gasteiger partial charge in [0.25, 0.3) is 0 Å². The summed E-state index contributed by atoms with van der Waals surface area (Å²) < 4.78 is 5.76. The van der Waals surface area contributed by atoms with Gasteiger partial charge in [0.2, 0.25) is 0 Å². The van der Waals surface area contributed by atoms with Crippen LogP contribution in [0.1, 0.15) is 5.56 Å². The second-order valence-electron chi connectivity index (χ2n) is 4.64. The van der Waals surface area contributed by atoms with Gasteiger partial charge in [0, 0.05) is 41.5 Å². The predicted octanol–water partition coefficient (Wildman–Crippen LogP) is 4.22. The molecule has 2 aromatic carbocycles. The number of ether oxygens (including phenoxy) is 1. The molecule has 5 heteroatoms. The van der Waals surface area contributed by atoms with Gasteiger partial charge in [-0.2, -0.15) is 0 Å². The molecule has 2 rings (SSSR count). The predicted molar refractivity (Wildman–Crippen MR) is 86.0 cm³/mol. The summed E-state index contributed by atoms with van der Waals surface area (Å²) in [7, 11) is 3.93. The third kappa shape index (κ3) is 3.50. The van der Waals surface area contributed by atoms with E-state index >= 15 is 0 Å². The van der Waals surface area contributed by atoms with E-state index < -0.39 is 0 Å². The van der Waals surface area contributed by atoms with Crippen LogP contribution in [0, 0.1) is 0 Å². The van der Waals surface area contributed by atoms with Crippen LogP contribution in [0.15, 0.2) is 36.4 Å². The number of benzene rings is 2. The molecule has 0 atom stereocenters. The fraction of sp³-hybridized carbons (Fsp3) is 0.200. The summed E-state index contributed by atoms with van der Waals surface area (Å²) in [5.41, 5.74) is 8.41. The molecule has 0 aliphatic carbocycles. The first-order valence-corrected chi connectivity index (χ1v) is 6.86. The van der Waals surface area contributed by atoms with Crippen LogP contribution >= 0.6 is 23.2 Å². The van der Waals surface area contributed by atoms with Gasteiger partial charge in [0.05, 0.1) is 5.69 Å². The SMILES string of the molecule is CN(C)c1ccc(N)c(OCc2ccc(Cl)cc2Cl)c1. The fourth-order valence-corrected chi connectivity index (χ4v) is 2.18. The highest BCUT2D eigenvalue weighted by Gasteiger charge is 2.06. The van der Waals surface area contributed by atoms with Crippen molar-refractivity contribution in [2.24, 2.45) is 0 Å². The quantitative estimate of drug-likeness (QED) is 0.859. The average molecular weight is 311 g/mol. The van der Waals surface area contributed by atoms with Gasteiger partial charge in [-0.3, -0.25) is 0 Å². The standard InChI is InChI=1S/C15H16Cl2N2O/c1-19(2)12-5-6-14(18)15(8-12)20-9-10-3-4-11(16)7-13(10)17/h3-8H,9,18H2,1-2H3. The maximum Gasteiger partial charge on any atom is 0.144 e. The Balaban J connectivity index is 2.16. The summed E-state index contributed by atoms with van der Waals surface area (Å²) in [4.78, 5) is 1.99. The van der Waals surface area contributed by atoms with Crippen LogP contribution in [0.2, 0.25) is 10.0 Å². The monoisotopic (exact) mass is 310 g/mol. The molecule has 20 heavy (non-hydrogen) atoms. The molecule has 0 saturated heterocycles. The van der Waals surface area contributed by atoms with Crippen LogP contribution in [-0.2, 0) is 6.61 Å². The summed E-state index contributed by atoms with van der Waals surface area (Å²) in [6.45, 7) is 0.344. The van der Waals surface area contributed by atoms with Crippen LogP contribution in [0.5, 0.6) is 5.75 Å². The van der Waals surface area contributed by atoms with Gasteiger partial charge in [-0.15, -0.1) is 0 Å². The van der Waals surface area contributed by atoms with Crippen LogP contribution in [0.4, 0.5) is 11.4 Å². The largest absolute Gasteiger partial charge is 0.487 e. The van der Waals surface area contributed by atoms with E-state index in [1.165, 1.54) is 0 Å². The zero-order valence-corrected chi connectivity index (χ0v) is 12.9. The molecule has 0 amide bonds. The van der Waals surface area contributed by atoms with Crippen molar-refractivity contribution in [1.82, 2.24) is 0 Å². The summed E-state index contributed by atoms with van der Waals surface area (Å²) in [6, 6.07) is 11.0. The molecule has 3 nitrogen and oxygen atoms in total. The van der Waals surface area contributed by atoms with Crippen LogP contribution in [0.25, 0.3) is 0 Å². The Morgan fingerprint density at radius 1 is 1.10 bits per heavy atom. The van der Waals surface area contributed by atoms with Crippen molar-refractivity contribution in [3.05, 3.63) is 52.0 Å². The van der Waals surface area contributed by atoms with Gasteiger partial charge in [-0.05, 0) is 24.3 Å². The molecular formula is C15H16Cl2N2O. The first-order chi connectivity index (χ1) is 9.47. The highest BCUT2D eigenvalue weighted by Crippen LogP contribution is 2.29. The second-order valence-corrected chi connectivity index (χ2v) is 5.48. The average Bonchev–Trinajstić information content (AvgIpc) is 2.39. The van der Waals surface area contributed by atoms with Crippen molar-refractivity contribution in [3.63, 3.8) is 0 Å². The zero-order valence-electron chi connectivity index (χ0n) is 11.4. The molecule has 0 unspecified atom stereocenters.